The van der Waals surface area contributed by atoms with E-state index in [-0.39, 0.29) is 0 Å². The summed E-state index contributed by atoms with van der Waals surface area (Å²) in [6, 6.07) is 3.03. The van der Waals surface area contributed by atoms with Crippen molar-refractivity contribution in [1.82, 2.24) is 9.88 Å². The molecule has 2 nitrogen and oxygen atoms in total. The molecule has 90 valence electrons. The van der Waals surface area contributed by atoms with Crippen LogP contribution >= 0.6 is 0 Å². The maximum atomic E-state index is 3.45. The molecule has 1 heterocycles. The molecule has 0 saturated heterocycles. The Bertz CT molecular complexity index is 297. The maximum Gasteiger partial charge on any atom is 0.0330 e. The normalized spacial score (nSPS) is 17.8. The van der Waals surface area contributed by atoms with Crippen LogP contribution in [0.15, 0.2) is 18.5 Å². The van der Waals surface area contributed by atoms with Crippen LogP contribution in [0.4, 0.5) is 0 Å². The van der Waals surface area contributed by atoms with Crippen LogP contribution < -0.4 is 5.32 Å². The van der Waals surface area contributed by atoms with Gasteiger partial charge in [-0.15, -0.1) is 0 Å². The lowest BCUT2D eigenvalue weighted by atomic mass is 9.95. The predicted molar refractivity (Wildman–Crippen MR) is 68.6 cm³/mol. The number of hydrogen-bond donors (Lipinski definition) is 1. The fraction of sp³-hybridized carbons (Fsp3) is 0.714. The van der Waals surface area contributed by atoms with E-state index in [0.29, 0.717) is 0 Å². The molecule has 0 bridgehead atoms. The molecule has 1 aromatic rings. The third-order valence-electron chi connectivity index (χ3n) is 3.53. The Balaban J connectivity index is 1.85. The van der Waals surface area contributed by atoms with Crippen molar-refractivity contribution in [2.75, 3.05) is 6.54 Å². The van der Waals surface area contributed by atoms with Gasteiger partial charge in [-0.3, -0.25) is 0 Å². The summed E-state index contributed by atoms with van der Waals surface area (Å²) in [4.78, 5) is 0. The molecule has 0 radical (unpaired) electrons. The first-order valence-electron chi connectivity index (χ1n) is 6.77. The highest BCUT2D eigenvalue weighted by Crippen LogP contribution is 2.28. The van der Waals surface area contributed by atoms with Gasteiger partial charge in [-0.05, 0) is 37.4 Å². The van der Waals surface area contributed by atoms with E-state index in [2.05, 4.69) is 35.3 Å². The summed E-state index contributed by atoms with van der Waals surface area (Å²) in [5, 5.41) is 3.45. The quantitative estimate of drug-likeness (QED) is 0.752. The largest absolute Gasteiger partial charge is 0.351 e. The van der Waals surface area contributed by atoms with E-state index in [1.54, 1.807) is 0 Å². The van der Waals surface area contributed by atoms with Crippen molar-refractivity contribution in [3.63, 3.8) is 0 Å². The van der Waals surface area contributed by atoms with Crippen molar-refractivity contribution >= 4 is 0 Å². The first kappa shape index (κ1) is 11.7. The number of nitrogens with zero attached hydrogens (tertiary/aromatic N) is 1. The van der Waals surface area contributed by atoms with Gasteiger partial charge >= 0.3 is 0 Å². The van der Waals surface area contributed by atoms with Crippen LogP contribution in [0.2, 0.25) is 0 Å². The first-order valence-corrected chi connectivity index (χ1v) is 6.77. The van der Waals surface area contributed by atoms with Gasteiger partial charge in [-0.25, -0.2) is 0 Å². The van der Waals surface area contributed by atoms with Crippen molar-refractivity contribution in [1.29, 1.82) is 0 Å². The summed E-state index contributed by atoms with van der Waals surface area (Å²) in [7, 11) is 0. The van der Waals surface area contributed by atoms with Gasteiger partial charge in [0, 0.05) is 25.0 Å². The highest BCUT2D eigenvalue weighted by Gasteiger charge is 2.14. The first-order chi connectivity index (χ1) is 7.90. The fourth-order valence-electron chi connectivity index (χ4n) is 2.58. The van der Waals surface area contributed by atoms with Crippen molar-refractivity contribution in [3.05, 3.63) is 24.0 Å². The summed E-state index contributed by atoms with van der Waals surface area (Å²) in [6.45, 7) is 4.35. The molecular formula is C14H24N2. The summed E-state index contributed by atoms with van der Waals surface area (Å²) in [5.41, 5.74) is 1.43. The van der Waals surface area contributed by atoms with E-state index in [4.69, 9.17) is 0 Å². The van der Waals surface area contributed by atoms with Gasteiger partial charge in [-0.1, -0.05) is 26.2 Å². The van der Waals surface area contributed by atoms with Crippen LogP contribution in [-0.4, -0.2) is 11.1 Å². The van der Waals surface area contributed by atoms with Gasteiger partial charge in [0.1, 0.15) is 0 Å². The van der Waals surface area contributed by atoms with E-state index in [9.17, 15) is 0 Å². The Kier molecular flexibility index (Phi) is 4.46. The lowest BCUT2D eigenvalue weighted by Crippen LogP contribution is -2.14. The number of aromatic nitrogens is 1. The monoisotopic (exact) mass is 220 g/mol. The number of nitrogens with one attached hydrogen (secondary N) is 1. The molecular weight excluding hydrogens is 196 g/mol. The van der Waals surface area contributed by atoms with Crippen LogP contribution in [0.3, 0.4) is 0 Å². The molecule has 1 aliphatic carbocycles. The van der Waals surface area contributed by atoms with E-state index in [1.165, 1.54) is 44.1 Å². The summed E-state index contributed by atoms with van der Waals surface area (Å²) in [6.07, 6.45) is 12.8. The van der Waals surface area contributed by atoms with E-state index in [1.807, 2.05) is 0 Å². The Morgan fingerprint density at radius 3 is 2.88 bits per heavy atom. The molecule has 2 heteroatoms. The second-order valence-electron chi connectivity index (χ2n) is 4.94. The summed E-state index contributed by atoms with van der Waals surface area (Å²) >= 11 is 0. The fourth-order valence-corrected chi connectivity index (χ4v) is 2.58. The average Bonchev–Trinajstić information content (AvgIpc) is 2.79. The molecule has 1 N–H and O–H groups in total. The van der Waals surface area contributed by atoms with Gasteiger partial charge < -0.3 is 9.88 Å². The molecule has 16 heavy (non-hydrogen) atoms. The number of hydrogen-bond acceptors (Lipinski definition) is 1. The molecule has 1 saturated carbocycles. The van der Waals surface area contributed by atoms with Crippen LogP contribution in [0, 0.1) is 0 Å². The molecule has 0 amide bonds. The molecule has 0 unspecified atom stereocenters. The Morgan fingerprint density at radius 2 is 2.12 bits per heavy atom. The zero-order chi connectivity index (χ0) is 11.2. The van der Waals surface area contributed by atoms with Crippen LogP contribution in [0.25, 0.3) is 0 Å². The zero-order valence-electron chi connectivity index (χ0n) is 10.4. The molecule has 1 fully saturated rings. The Morgan fingerprint density at radius 1 is 1.31 bits per heavy atom. The predicted octanol–water partition coefficient (Wildman–Crippen LogP) is 3.49. The molecule has 0 aromatic carbocycles. The lowest BCUT2D eigenvalue weighted by Gasteiger charge is -2.23. The van der Waals surface area contributed by atoms with Gasteiger partial charge in [0.2, 0.25) is 0 Å². The van der Waals surface area contributed by atoms with Gasteiger partial charge in [0.15, 0.2) is 0 Å². The van der Waals surface area contributed by atoms with Crippen molar-refractivity contribution in [2.45, 2.75) is 58.0 Å². The third-order valence-corrected chi connectivity index (χ3v) is 3.53. The minimum Gasteiger partial charge on any atom is -0.351 e. The highest BCUT2D eigenvalue weighted by atomic mass is 15.0. The molecule has 1 aromatic heterocycles. The Hall–Kier alpha value is -0.760. The third kappa shape index (κ3) is 3.11. The minimum absolute atomic E-state index is 0.772. The van der Waals surface area contributed by atoms with Gasteiger partial charge in [0.05, 0.1) is 0 Å². The summed E-state index contributed by atoms with van der Waals surface area (Å²) < 4.78 is 2.43. The maximum absolute atomic E-state index is 3.45. The molecule has 2 rings (SSSR count). The topological polar surface area (TPSA) is 17.0 Å². The average molecular weight is 220 g/mol. The van der Waals surface area contributed by atoms with E-state index in [0.717, 1.165) is 19.1 Å². The van der Waals surface area contributed by atoms with Crippen molar-refractivity contribution < 1.29 is 0 Å². The molecule has 0 atom stereocenters. The van der Waals surface area contributed by atoms with Gasteiger partial charge in [0.25, 0.3) is 0 Å². The Labute approximate surface area is 99.0 Å². The highest BCUT2D eigenvalue weighted by molar-refractivity contribution is 5.11. The molecule has 1 aliphatic rings. The van der Waals surface area contributed by atoms with E-state index < -0.39 is 0 Å². The van der Waals surface area contributed by atoms with Crippen LogP contribution in [0.5, 0.6) is 0 Å². The van der Waals surface area contributed by atoms with Crippen LogP contribution in [0.1, 0.15) is 57.1 Å². The smallest absolute Gasteiger partial charge is 0.0330 e. The van der Waals surface area contributed by atoms with Gasteiger partial charge in [-0.2, -0.15) is 0 Å². The van der Waals surface area contributed by atoms with E-state index >= 15 is 0 Å². The lowest BCUT2D eigenvalue weighted by molar-refractivity contribution is 0.354. The second kappa shape index (κ2) is 6.09. The van der Waals surface area contributed by atoms with Crippen molar-refractivity contribution in [2.24, 2.45) is 0 Å². The standard InChI is InChI=1S/C14H24N2/c1-2-9-15-11-13-8-10-16(12-13)14-6-4-3-5-7-14/h8,10,12,14-15H,2-7,9,11H2,1H3. The van der Waals surface area contributed by atoms with Crippen molar-refractivity contribution in [3.8, 4) is 0 Å². The molecule has 0 aliphatic heterocycles. The zero-order valence-corrected chi connectivity index (χ0v) is 10.4. The SMILES string of the molecule is CCCNCc1ccn(C2CCCCC2)c1. The second-order valence-corrected chi connectivity index (χ2v) is 4.94. The van der Waals surface area contributed by atoms with Crippen LogP contribution in [-0.2, 0) is 6.54 Å². The minimum atomic E-state index is 0.772. The number of rotatable bonds is 5. The molecule has 0 spiro atoms. The summed E-state index contributed by atoms with van der Waals surface area (Å²) in [5.74, 6) is 0.